The van der Waals surface area contributed by atoms with Gasteiger partial charge in [0.1, 0.15) is 10.6 Å². The second-order valence-corrected chi connectivity index (χ2v) is 8.02. The van der Waals surface area contributed by atoms with Gasteiger partial charge in [-0.2, -0.15) is 0 Å². The molecule has 1 saturated carbocycles. The van der Waals surface area contributed by atoms with Crippen LogP contribution in [0.3, 0.4) is 0 Å². The highest BCUT2D eigenvalue weighted by Gasteiger charge is 2.22. The number of benzene rings is 1. The molecule has 1 amide bonds. The minimum absolute atomic E-state index is 0.0600. The summed E-state index contributed by atoms with van der Waals surface area (Å²) in [6.07, 6.45) is 2.28. The van der Waals surface area contributed by atoms with E-state index < -0.39 is 9.05 Å². The fourth-order valence-corrected chi connectivity index (χ4v) is 3.08. The SMILES string of the molecule is O=C(COc1ccc(Br)cc1S(=O)(=O)Cl)NCC1CC1. The standard InChI is InChI=1S/C12H13BrClNO4S/c13-9-3-4-10(11(5-9)20(14,17)18)19-7-12(16)15-6-8-1-2-8/h3-5,8H,1-2,6-7H2,(H,15,16). The average molecular weight is 383 g/mol. The van der Waals surface area contributed by atoms with Crippen molar-refractivity contribution in [2.75, 3.05) is 13.2 Å². The molecule has 20 heavy (non-hydrogen) atoms. The second-order valence-electron chi connectivity index (χ2n) is 4.57. The molecule has 2 rings (SSSR count). The number of carbonyl (C=O) groups is 1. The molecule has 0 heterocycles. The van der Waals surface area contributed by atoms with Gasteiger partial charge in [-0.3, -0.25) is 4.79 Å². The number of carbonyl (C=O) groups excluding carboxylic acids is 1. The molecule has 1 aromatic carbocycles. The molecule has 0 atom stereocenters. The lowest BCUT2D eigenvalue weighted by atomic mass is 10.3. The summed E-state index contributed by atoms with van der Waals surface area (Å²) < 4.78 is 28.7. The summed E-state index contributed by atoms with van der Waals surface area (Å²) >= 11 is 3.16. The topological polar surface area (TPSA) is 72.5 Å². The largest absolute Gasteiger partial charge is 0.482 e. The van der Waals surface area contributed by atoms with Crippen molar-refractivity contribution >= 4 is 41.6 Å². The monoisotopic (exact) mass is 381 g/mol. The third-order valence-corrected chi connectivity index (χ3v) is 4.65. The third kappa shape index (κ3) is 4.64. The van der Waals surface area contributed by atoms with Crippen LogP contribution >= 0.6 is 26.6 Å². The normalized spacial score (nSPS) is 14.9. The van der Waals surface area contributed by atoms with Crippen LogP contribution in [0.2, 0.25) is 0 Å². The van der Waals surface area contributed by atoms with Crippen LogP contribution in [0.15, 0.2) is 27.6 Å². The van der Waals surface area contributed by atoms with E-state index in [-0.39, 0.29) is 23.2 Å². The molecule has 0 aliphatic heterocycles. The summed E-state index contributed by atoms with van der Waals surface area (Å²) in [5, 5.41) is 2.73. The van der Waals surface area contributed by atoms with E-state index in [4.69, 9.17) is 15.4 Å². The highest BCUT2D eigenvalue weighted by atomic mass is 79.9. The first-order valence-electron chi connectivity index (χ1n) is 6.00. The van der Waals surface area contributed by atoms with Crippen molar-refractivity contribution in [3.63, 3.8) is 0 Å². The minimum Gasteiger partial charge on any atom is -0.482 e. The van der Waals surface area contributed by atoms with E-state index in [1.165, 1.54) is 12.1 Å². The lowest BCUT2D eigenvalue weighted by molar-refractivity contribution is -0.123. The van der Waals surface area contributed by atoms with Gasteiger partial charge in [-0.15, -0.1) is 0 Å². The summed E-state index contributed by atoms with van der Waals surface area (Å²) in [5.41, 5.74) is 0. The molecular formula is C12H13BrClNO4S. The molecule has 1 fully saturated rings. The molecule has 1 aliphatic carbocycles. The van der Waals surface area contributed by atoms with Crippen LogP contribution in [0.25, 0.3) is 0 Å². The van der Waals surface area contributed by atoms with E-state index in [1.807, 2.05) is 0 Å². The van der Waals surface area contributed by atoms with E-state index in [0.29, 0.717) is 16.9 Å². The molecule has 0 bridgehead atoms. The van der Waals surface area contributed by atoms with Gasteiger partial charge in [0.2, 0.25) is 0 Å². The van der Waals surface area contributed by atoms with Crippen LogP contribution in [0.4, 0.5) is 0 Å². The Morgan fingerprint density at radius 2 is 2.15 bits per heavy atom. The Morgan fingerprint density at radius 1 is 1.45 bits per heavy atom. The number of nitrogens with one attached hydrogen (secondary N) is 1. The number of rotatable bonds is 6. The van der Waals surface area contributed by atoms with Crippen LogP contribution in [0.5, 0.6) is 5.75 Å². The fourth-order valence-electron chi connectivity index (χ4n) is 1.57. The average Bonchev–Trinajstić information content (AvgIpc) is 3.17. The summed E-state index contributed by atoms with van der Waals surface area (Å²) in [6.45, 7) is 0.400. The van der Waals surface area contributed by atoms with E-state index in [2.05, 4.69) is 21.2 Å². The maximum Gasteiger partial charge on any atom is 0.265 e. The smallest absolute Gasteiger partial charge is 0.265 e. The molecule has 0 radical (unpaired) electrons. The van der Waals surface area contributed by atoms with Gasteiger partial charge < -0.3 is 10.1 Å². The Hall–Kier alpha value is -0.790. The minimum atomic E-state index is -3.93. The predicted octanol–water partition coefficient (Wildman–Crippen LogP) is 2.28. The lowest BCUT2D eigenvalue weighted by Crippen LogP contribution is -2.30. The Balaban J connectivity index is 1.99. The first-order chi connectivity index (χ1) is 9.36. The number of hydrogen-bond donors (Lipinski definition) is 1. The van der Waals surface area contributed by atoms with Gasteiger partial charge in [0.25, 0.3) is 15.0 Å². The van der Waals surface area contributed by atoms with Gasteiger partial charge >= 0.3 is 0 Å². The Labute approximate surface area is 130 Å². The molecule has 5 nitrogen and oxygen atoms in total. The number of ether oxygens (including phenoxy) is 1. The Morgan fingerprint density at radius 3 is 2.75 bits per heavy atom. The van der Waals surface area contributed by atoms with Gasteiger partial charge in [0.05, 0.1) is 0 Å². The van der Waals surface area contributed by atoms with E-state index in [1.54, 1.807) is 6.07 Å². The summed E-state index contributed by atoms with van der Waals surface area (Å²) in [4.78, 5) is 11.4. The first kappa shape index (κ1) is 15.6. The third-order valence-electron chi connectivity index (χ3n) is 2.81. The maximum atomic E-state index is 11.5. The van der Waals surface area contributed by atoms with E-state index >= 15 is 0 Å². The quantitative estimate of drug-likeness (QED) is 0.766. The number of hydrogen-bond acceptors (Lipinski definition) is 4. The van der Waals surface area contributed by atoms with Gasteiger partial charge in [0, 0.05) is 21.7 Å². The zero-order valence-corrected chi connectivity index (χ0v) is 13.6. The predicted molar refractivity (Wildman–Crippen MR) is 78.4 cm³/mol. The van der Waals surface area contributed by atoms with E-state index in [9.17, 15) is 13.2 Å². The van der Waals surface area contributed by atoms with Crippen molar-refractivity contribution in [3.05, 3.63) is 22.7 Å². The zero-order valence-electron chi connectivity index (χ0n) is 10.4. The van der Waals surface area contributed by atoms with Crippen molar-refractivity contribution in [2.45, 2.75) is 17.7 Å². The van der Waals surface area contributed by atoms with Crippen LogP contribution < -0.4 is 10.1 Å². The fraction of sp³-hybridized carbons (Fsp3) is 0.417. The van der Waals surface area contributed by atoms with Gasteiger partial charge in [-0.05, 0) is 37.0 Å². The summed E-state index contributed by atoms with van der Waals surface area (Å²) in [5.74, 6) is 0.355. The number of halogens is 2. The highest BCUT2D eigenvalue weighted by molar-refractivity contribution is 9.10. The maximum absolute atomic E-state index is 11.5. The first-order valence-corrected chi connectivity index (χ1v) is 9.10. The van der Waals surface area contributed by atoms with Gasteiger partial charge in [-0.25, -0.2) is 8.42 Å². The zero-order chi connectivity index (χ0) is 14.8. The van der Waals surface area contributed by atoms with Crippen LogP contribution in [-0.2, 0) is 13.8 Å². The van der Waals surface area contributed by atoms with Gasteiger partial charge in [-0.1, -0.05) is 15.9 Å². The van der Waals surface area contributed by atoms with E-state index in [0.717, 1.165) is 12.8 Å². The summed E-state index contributed by atoms with van der Waals surface area (Å²) in [7, 11) is 1.40. The molecule has 0 unspecified atom stereocenters. The van der Waals surface area contributed by atoms with Crippen molar-refractivity contribution in [1.82, 2.24) is 5.32 Å². The van der Waals surface area contributed by atoms with Crippen molar-refractivity contribution in [1.29, 1.82) is 0 Å². The van der Waals surface area contributed by atoms with Gasteiger partial charge in [0.15, 0.2) is 6.61 Å². The molecular weight excluding hydrogens is 370 g/mol. The molecule has 8 heteroatoms. The Kier molecular flexibility index (Phi) is 4.93. The molecule has 1 aliphatic rings. The Bertz CT molecular complexity index is 616. The molecule has 0 saturated heterocycles. The van der Waals surface area contributed by atoms with Crippen molar-refractivity contribution in [3.8, 4) is 5.75 Å². The molecule has 1 N–H and O–H groups in total. The molecule has 0 spiro atoms. The molecule has 1 aromatic rings. The van der Waals surface area contributed by atoms with Crippen LogP contribution in [0, 0.1) is 5.92 Å². The highest BCUT2D eigenvalue weighted by Crippen LogP contribution is 2.30. The number of amides is 1. The molecule has 110 valence electrons. The lowest BCUT2D eigenvalue weighted by Gasteiger charge is -2.10. The molecule has 0 aromatic heterocycles. The van der Waals surface area contributed by atoms with Crippen LogP contribution in [-0.4, -0.2) is 27.5 Å². The van der Waals surface area contributed by atoms with Crippen molar-refractivity contribution < 1.29 is 17.9 Å². The van der Waals surface area contributed by atoms with Crippen molar-refractivity contribution in [2.24, 2.45) is 5.92 Å². The van der Waals surface area contributed by atoms with Crippen LogP contribution in [0.1, 0.15) is 12.8 Å². The summed E-state index contributed by atoms with van der Waals surface area (Å²) in [6, 6.07) is 4.40. The second kappa shape index (κ2) is 6.32.